The van der Waals surface area contributed by atoms with Gasteiger partial charge in [0.2, 0.25) is 0 Å². The topological polar surface area (TPSA) is 53.2 Å². The Morgan fingerprint density at radius 1 is 1.20 bits per heavy atom. The molecule has 0 aliphatic carbocycles. The Balaban J connectivity index is 2.33. The average molecular weight is 332 g/mol. The Bertz CT molecular complexity index is 675. The van der Waals surface area contributed by atoms with Crippen molar-refractivity contribution in [3.63, 3.8) is 0 Å². The number of halogens is 1. The van der Waals surface area contributed by atoms with Crippen LogP contribution in [0.4, 0.5) is 0 Å². The first-order chi connectivity index (χ1) is 9.51. The predicted molar refractivity (Wildman–Crippen MR) is 80.7 cm³/mol. The molecule has 0 saturated heterocycles. The third-order valence-electron chi connectivity index (χ3n) is 2.98. The van der Waals surface area contributed by atoms with E-state index < -0.39 is 6.10 Å². The molecule has 0 spiro atoms. The number of hydrogen-bond donors (Lipinski definition) is 1. The number of aryl methyl sites for hydroxylation is 1. The third kappa shape index (κ3) is 3.19. The van der Waals surface area contributed by atoms with E-state index in [1.165, 1.54) is 0 Å². The van der Waals surface area contributed by atoms with Crippen LogP contribution in [0.1, 0.15) is 29.7 Å². The Morgan fingerprint density at radius 3 is 2.55 bits per heavy atom. The summed E-state index contributed by atoms with van der Waals surface area (Å²) in [5.74, 6) is 1.29. The standard InChI is InChI=1S/C16H14BrNO2/c1-10-3-4-12(9-18)7-16(10)20-15-6-5-13(11(2)19)8-14(15)17/h3-8,11,19H,1-2H3/t11-/m0/s1. The molecular formula is C16H14BrNO2. The van der Waals surface area contributed by atoms with E-state index in [4.69, 9.17) is 10.00 Å². The normalized spacial score (nSPS) is 11.8. The van der Waals surface area contributed by atoms with Crippen LogP contribution < -0.4 is 4.74 Å². The van der Waals surface area contributed by atoms with Crippen molar-refractivity contribution in [1.29, 1.82) is 5.26 Å². The maximum Gasteiger partial charge on any atom is 0.141 e. The summed E-state index contributed by atoms with van der Waals surface area (Å²) in [5.41, 5.74) is 2.32. The molecule has 20 heavy (non-hydrogen) atoms. The number of rotatable bonds is 3. The summed E-state index contributed by atoms with van der Waals surface area (Å²) < 4.78 is 6.60. The molecule has 0 aliphatic heterocycles. The van der Waals surface area contributed by atoms with Crippen LogP contribution in [0.15, 0.2) is 40.9 Å². The van der Waals surface area contributed by atoms with Crippen LogP contribution in [0.5, 0.6) is 11.5 Å². The molecule has 1 N–H and O–H groups in total. The predicted octanol–water partition coefficient (Wildman–Crippen LogP) is 4.47. The summed E-state index contributed by atoms with van der Waals surface area (Å²) in [6.45, 7) is 3.64. The number of nitriles is 1. The first-order valence-corrected chi connectivity index (χ1v) is 6.96. The van der Waals surface area contributed by atoms with Crippen molar-refractivity contribution in [3.05, 3.63) is 57.6 Å². The van der Waals surface area contributed by atoms with E-state index >= 15 is 0 Å². The van der Waals surface area contributed by atoms with Crippen molar-refractivity contribution in [2.24, 2.45) is 0 Å². The van der Waals surface area contributed by atoms with Crippen LogP contribution in [0.2, 0.25) is 0 Å². The molecule has 0 amide bonds. The quantitative estimate of drug-likeness (QED) is 0.902. The Morgan fingerprint density at radius 2 is 1.95 bits per heavy atom. The van der Waals surface area contributed by atoms with Gasteiger partial charge in [0.05, 0.1) is 22.2 Å². The molecule has 1 atom stereocenters. The average Bonchev–Trinajstić information content (AvgIpc) is 2.43. The molecule has 2 rings (SSSR count). The van der Waals surface area contributed by atoms with Crippen molar-refractivity contribution in [2.45, 2.75) is 20.0 Å². The van der Waals surface area contributed by atoms with Crippen molar-refractivity contribution >= 4 is 15.9 Å². The minimum absolute atomic E-state index is 0.524. The van der Waals surface area contributed by atoms with E-state index in [9.17, 15) is 5.11 Å². The van der Waals surface area contributed by atoms with E-state index in [-0.39, 0.29) is 0 Å². The van der Waals surface area contributed by atoms with Gasteiger partial charge in [-0.25, -0.2) is 0 Å². The molecule has 2 aromatic carbocycles. The van der Waals surface area contributed by atoms with Gasteiger partial charge in [-0.1, -0.05) is 12.1 Å². The highest BCUT2D eigenvalue weighted by atomic mass is 79.9. The maximum atomic E-state index is 9.54. The second kappa shape index (κ2) is 6.08. The van der Waals surface area contributed by atoms with Crippen LogP contribution >= 0.6 is 15.9 Å². The lowest BCUT2D eigenvalue weighted by atomic mass is 10.1. The van der Waals surface area contributed by atoms with Crippen LogP contribution in [0.25, 0.3) is 0 Å². The second-order valence-corrected chi connectivity index (χ2v) is 5.41. The van der Waals surface area contributed by atoms with Crippen LogP contribution in [0, 0.1) is 18.3 Å². The van der Waals surface area contributed by atoms with Gasteiger partial charge in [-0.2, -0.15) is 5.26 Å². The highest BCUT2D eigenvalue weighted by Crippen LogP contribution is 2.33. The molecule has 0 fully saturated rings. The fourth-order valence-corrected chi connectivity index (χ4v) is 2.24. The first-order valence-electron chi connectivity index (χ1n) is 6.17. The molecule has 0 saturated carbocycles. The highest BCUT2D eigenvalue weighted by Gasteiger charge is 2.09. The molecule has 4 heteroatoms. The number of aliphatic hydroxyl groups excluding tert-OH is 1. The third-order valence-corrected chi connectivity index (χ3v) is 3.60. The number of nitrogens with zero attached hydrogens (tertiary/aromatic N) is 1. The molecule has 0 aromatic heterocycles. The molecule has 0 radical (unpaired) electrons. The lowest BCUT2D eigenvalue weighted by molar-refractivity contribution is 0.199. The van der Waals surface area contributed by atoms with Gasteiger partial charge in [0, 0.05) is 0 Å². The van der Waals surface area contributed by atoms with Crippen molar-refractivity contribution in [1.82, 2.24) is 0 Å². The van der Waals surface area contributed by atoms with Gasteiger partial charge in [-0.05, 0) is 65.2 Å². The zero-order valence-electron chi connectivity index (χ0n) is 11.2. The second-order valence-electron chi connectivity index (χ2n) is 4.56. The summed E-state index contributed by atoms with van der Waals surface area (Å²) in [7, 11) is 0. The molecular weight excluding hydrogens is 318 g/mol. The van der Waals surface area contributed by atoms with Gasteiger partial charge >= 0.3 is 0 Å². The zero-order chi connectivity index (χ0) is 14.7. The smallest absolute Gasteiger partial charge is 0.141 e. The zero-order valence-corrected chi connectivity index (χ0v) is 12.8. The lowest BCUT2D eigenvalue weighted by Gasteiger charge is -2.12. The monoisotopic (exact) mass is 331 g/mol. The molecule has 3 nitrogen and oxygen atoms in total. The summed E-state index contributed by atoms with van der Waals surface area (Å²) in [6, 6.07) is 12.9. The summed E-state index contributed by atoms with van der Waals surface area (Å²) in [6.07, 6.45) is -0.524. The van der Waals surface area contributed by atoms with E-state index in [1.54, 1.807) is 25.1 Å². The number of ether oxygens (including phenoxy) is 1. The fraction of sp³-hybridized carbons (Fsp3) is 0.188. The molecule has 0 aliphatic rings. The fourth-order valence-electron chi connectivity index (χ4n) is 1.76. The van der Waals surface area contributed by atoms with Crippen molar-refractivity contribution < 1.29 is 9.84 Å². The van der Waals surface area contributed by atoms with E-state index in [2.05, 4.69) is 22.0 Å². The van der Waals surface area contributed by atoms with Gasteiger partial charge in [0.25, 0.3) is 0 Å². The molecule has 0 unspecified atom stereocenters. The molecule has 0 bridgehead atoms. The summed E-state index contributed by atoms with van der Waals surface area (Å²) in [5, 5.41) is 18.5. The van der Waals surface area contributed by atoms with Crippen LogP contribution in [-0.4, -0.2) is 5.11 Å². The number of aliphatic hydroxyl groups is 1. The minimum Gasteiger partial charge on any atom is -0.456 e. The Labute approximate surface area is 126 Å². The van der Waals surface area contributed by atoms with Crippen molar-refractivity contribution in [3.8, 4) is 17.6 Å². The summed E-state index contributed by atoms with van der Waals surface area (Å²) in [4.78, 5) is 0. The molecule has 2 aromatic rings. The number of hydrogen-bond acceptors (Lipinski definition) is 3. The van der Waals surface area contributed by atoms with Gasteiger partial charge < -0.3 is 9.84 Å². The maximum absolute atomic E-state index is 9.54. The van der Waals surface area contributed by atoms with Gasteiger partial charge in [-0.3, -0.25) is 0 Å². The van der Waals surface area contributed by atoms with Crippen molar-refractivity contribution in [2.75, 3.05) is 0 Å². The summed E-state index contributed by atoms with van der Waals surface area (Å²) >= 11 is 3.43. The van der Waals surface area contributed by atoms with Gasteiger partial charge in [0.15, 0.2) is 0 Å². The minimum atomic E-state index is -0.524. The largest absolute Gasteiger partial charge is 0.456 e. The highest BCUT2D eigenvalue weighted by molar-refractivity contribution is 9.10. The van der Waals surface area contributed by atoms with Gasteiger partial charge in [0.1, 0.15) is 11.5 Å². The van der Waals surface area contributed by atoms with E-state index in [0.717, 1.165) is 15.6 Å². The van der Waals surface area contributed by atoms with E-state index in [0.29, 0.717) is 17.1 Å². The molecule has 102 valence electrons. The number of benzene rings is 2. The Kier molecular flexibility index (Phi) is 4.43. The van der Waals surface area contributed by atoms with E-state index in [1.807, 2.05) is 25.1 Å². The SMILES string of the molecule is Cc1ccc(C#N)cc1Oc1ccc([C@H](C)O)cc1Br. The van der Waals surface area contributed by atoms with Crippen LogP contribution in [-0.2, 0) is 0 Å². The van der Waals surface area contributed by atoms with Crippen LogP contribution in [0.3, 0.4) is 0 Å². The lowest BCUT2D eigenvalue weighted by Crippen LogP contribution is -1.93. The van der Waals surface area contributed by atoms with Gasteiger partial charge in [-0.15, -0.1) is 0 Å². The first kappa shape index (κ1) is 14.6. The molecule has 0 heterocycles. The Hall–Kier alpha value is -1.83.